The highest BCUT2D eigenvalue weighted by atomic mass is 16.1. The number of rotatable bonds is 1. The molecular formula is C12H18N2O2. The number of amides is 1. The minimum absolute atomic E-state index is 0.177. The minimum atomic E-state index is 0.177. The molecule has 0 aromatic carbocycles. The Morgan fingerprint density at radius 3 is 2.25 bits per heavy atom. The first-order valence-corrected chi connectivity index (χ1v) is 6.30. The van der Waals surface area contributed by atoms with E-state index in [1.807, 2.05) is 0 Å². The van der Waals surface area contributed by atoms with E-state index >= 15 is 0 Å². The van der Waals surface area contributed by atoms with Crippen molar-refractivity contribution in [1.82, 2.24) is 10.2 Å². The summed E-state index contributed by atoms with van der Waals surface area (Å²) < 4.78 is 0. The van der Waals surface area contributed by atoms with Gasteiger partial charge in [-0.05, 0) is 19.3 Å². The van der Waals surface area contributed by atoms with Crippen LogP contribution in [0.25, 0.3) is 0 Å². The summed E-state index contributed by atoms with van der Waals surface area (Å²) in [5.41, 5.74) is 0. The van der Waals surface area contributed by atoms with Gasteiger partial charge in [-0.3, -0.25) is 14.5 Å². The molecular weight excluding hydrogens is 204 g/mol. The molecule has 1 amide bonds. The molecule has 4 heteroatoms. The first-order chi connectivity index (χ1) is 7.74. The van der Waals surface area contributed by atoms with Crippen LogP contribution in [0.1, 0.15) is 38.5 Å². The van der Waals surface area contributed by atoms with Crippen LogP contribution < -0.4 is 5.32 Å². The molecule has 3 aliphatic rings. The van der Waals surface area contributed by atoms with Crippen molar-refractivity contribution >= 4 is 11.7 Å². The van der Waals surface area contributed by atoms with Crippen LogP contribution in [0.15, 0.2) is 0 Å². The fourth-order valence-electron chi connectivity index (χ4n) is 3.58. The highest BCUT2D eigenvalue weighted by Gasteiger charge is 2.43. The zero-order valence-corrected chi connectivity index (χ0v) is 9.45. The van der Waals surface area contributed by atoms with Crippen LogP contribution in [-0.2, 0) is 9.59 Å². The molecule has 88 valence electrons. The molecule has 0 aromatic rings. The molecule has 4 nitrogen and oxygen atoms in total. The van der Waals surface area contributed by atoms with E-state index in [0.717, 1.165) is 25.8 Å². The maximum Gasteiger partial charge on any atom is 0.220 e. The van der Waals surface area contributed by atoms with Gasteiger partial charge < -0.3 is 5.32 Å². The normalized spacial score (nSPS) is 39.9. The van der Waals surface area contributed by atoms with Gasteiger partial charge in [0.1, 0.15) is 5.78 Å². The zero-order chi connectivity index (χ0) is 11.1. The molecule has 3 aliphatic heterocycles. The molecule has 3 rings (SSSR count). The average Bonchev–Trinajstić information content (AvgIpc) is 2.54. The van der Waals surface area contributed by atoms with Gasteiger partial charge in [-0.2, -0.15) is 0 Å². The summed E-state index contributed by atoms with van der Waals surface area (Å²) in [6, 6.07) is 1.40. The Labute approximate surface area is 95.4 Å². The first kappa shape index (κ1) is 10.3. The number of nitrogens with one attached hydrogen (secondary N) is 1. The van der Waals surface area contributed by atoms with Crippen LogP contribution in [0.3, 0.4) is 0 Å². The second-order valence-electron chi connectivity index (χ2n) is 5.28. The van der Waals surface area contributed by atoms with Crippen molar-refractivity contribution in [3.8, 4) is 0 Å². The van der Waals surface area contributed by atoms with Crippen LogP contribution in [0, 0.1) is 0 Å². The van der Waals surface area contributed by atoms with Gasteiger partial charge in [0.2, 0.25) is 5.91 Å². The average molecular weight is 222 g/mol. The van der Waals surface area contributed by atoms with Crippen molar-refractivity contribution in [3.05, 3.63) is 0 Å². The maximum atomic E-state index is 11.5. The Morgan fingerprint density at radius 1 is 1.00 bits per heavy atom. The van der Waals surface area contributed by atoms with E-state index in [4.69, 9.17) is 0 Å². The molecule has 3 saturated heterocycles. The van der Waals surface area contributed by atoms with Crippen LogP contribution in [-0.4, -0.2) is 41.3 Å². The minimum Gasteiger partial charge on any atom is -0.355 e. The summed E-state index contributed by atoms with van der Waals surface area (Å²) in [6.07, 6.45) is 5.42. The van der Waals surface area contributed by atoms with Crippen molar-refractivity contribution in [2.75, 3.05) is 6.54 Å². The Hall–Kier alpha value is -0.900. The van der Waals surface area contributed by atoms with Gasteiger partial charge in [0.15, 0.2) is 0 Å². The lowest BCUT2D eigenvalue weighted by Gasteiger charge is -2.41. The van der Waals surface area contributed by atoms with Gasteiger partial charge in [-0.25, -0.2) is 0 Å². The first-order valence-electron chi connectivity index (χ1n) is 6.30. The number of hydrogen-bond donors (Lipinski definition) is 1. The van der Waals surface area contributed by atoms with Gasteiger partial charge in [0, 0.05) is 43.9 Å². The molecule has 0 aromatic heterocycles. The molecule has 3 heterocycles. The molecule has 2 bridgehead atoms. The zero-order valence-electron chi connectivity index (χ0n) is 9.45. The van der Waals surface area contributed by atoms with Gasteiger partial charge in [0.05, 0.1) is 0 Å². The predicted octanol–water partition coefficient (Wildman–Crippen LogP) is 0.461. The smallest absolute Gasteiger partial charge is 0.220 e. The van der Waals surface area contributed by atoms with E-state index in [1.165, 1.54) is 12.8 Å². The maximum absolute atomic E-state index is 11.5. The Morgan fingerprint density at radius 2 is 1.69 bits per heavy atom. The van der Waals surface area contributed by atoms with Crippen molar-refractivity contribution in [2.45, 2.75) is 56.7 Å². The molecule has 3 atom stereocenters. The lowest BCUT2D eigenvalue weighted by molar-refractivity contribution is -0.127. The predicted molar refractivity (Wildman–Crippen MR) is 58.9 cm³/mol. The summed E-state index contributed by atoms with van der Waals surface area (Å²) in [5, 5.41) is 2.94. The molecule has 3 unspecified atom stereocenters. The lowest BCUT2D eigenvalue weighted by atomic mass is 9.95. The summed E-state index contributed by atoms with van der Waals surface area (Å²) in [6.45, 7) is 0.778. The highest BCUT2D eigenvalue weighted by molar-refractivity contribution is 5.81. The van der Waals surface area contributed by atoms with Crippen molar-refractivity contribution in [3.63, 3.8) is 0 Å². The van der Waals surface area contributed by atoms with Gasteiger partial charge >= 0.3 is 0 Å². The van der Waals surface area contributed by atoms with E-state index in [1.54, 1.807) is 0 Å². The number of fused-ring (bicyclic) bond motifs is 2. The molecule has 1 N–H and O–H groups in total. The number of Topliss-reactive ketones (excluding diaryl/α,β-unsaturated/α-hetero) is 1. The highest BCUT2D eigenvalue weighted by Crippen LogP contribution is 2.36. The third-order valence-electron chi connectivity index (χ3n) is 4.26. The number of nitrogens with zero attached hydrogens (tertiary/aromatic N) is 1. The molecule has 0 spiro atoms. The van der Waals surface area contributed by atoms with E-state index < -0.39 is 0 Å². The summed E-state index contributed by atoms with van der Waals surface area (Å²) in [4.78, 5) is 25.2. The van der Waals surface area contributed by atoms with Crippen LogP contribution in [0.4, 0.5) is 0 Å². The van der Waals surface area contributed by atoms with Crippen LogP contribution in [0.2, 0.25) is 0 Å². The van der Waals surface area contributed by atoms with Gasteiger partial charge in [0.25, 0.3) is 0 Å². The summed E-state index contributed by atoms with van der Waals surface area (Å²) in [7, 11) is 0. The van der Waals surface area contributed by atoms with E-state index in [0.29, 0.717) is 30.3 Å². The van der Waals surface area contributed by atoms with Gasteiger partial charge in [-0.1, -0.05) is 0 Å². The molecule has 0 saturated carbocycles. The number of piperidine rings is 2. The Balaban J connectivity index is 1.71. The fourth-order valence-corrected chi connectivity index (χ4v) is 3.58. The third-order valence-corrected chi connectivity index (χ3v) is 4.26. The second kappa shape index (κ2) is 3.84. The fraction of sp³-hybridized carbons (Fsp3) is 0.833. The number of carbonyl (C=O) groups is 2. The van der Waals surface area contributed by atoms with Crippen molar-refractivity contribution in [2.24, 2.45) is 0 Å². The van der Waals surface area contributed by atoms with Crippen LogP contribution in [0.5, 0.6) is 0 Å². The molecule has 16 heavy (non-hydrogen) atoms. The summed E-state index contributed by atoms with van der Waals surface area (Å²) in [5.74, 6) is 0.611. The standard InChI is InChI=1S/C12H18N2O2/c15-11-5-8-1-2-9(6-11)14(8)10-3-4-12(16)13-7-10/h8-10H,1-7H2,(H,13,16). The second-order valence-corrected chi connectivity index (χ2v) is 5.28. The molecule has 3 fully saturated rings. The summed E-state index contributed by atoms with van der Waals surface area (Å²) >= 11 is 0. The largest absolute Gasteiger partial charge is 0.355 e. The Kier molecular flexibility index (Phi) is 2.46. The van der Waals surface area contributed by atoms with E-state index in [-0.39, 0.29) is 5.91 Å². The Bertz CT molecular complexity index is 303. The number of hydrogen-bond acceptors (Lipinski definition) is 3. The van der Waals surface area contributed by atoms with Crippen LogP contribution >= 0.6 is 0 Å². The topological polar surface area (TPSA) is 49.4 Å². The lowest BCUT2D eigenvalue weighted by Crippen LogP contribution is -2.55. The van der Waals surface area contributed by atoms with Crippen molar-refractivity contribution in [1.29, 1.82) is 0 Å². The van der Waals surface area contributed by atoms with E-state index in [9.17, 15) is 9.59 Å². The number of ketones is 1. The molecule has 0 aliphatic carbocycles. The molecule has 0 radical (unpaired) electrons. The van der Waals surface area contributed by atoms with E-state index in [2.05, 4.69) is 10.2 Å². The van der Waals surface area contributed by atoms with Crippen molar-refractivity contribution < 1.29 is 9.59 Å². The number of carbonyl (C=O) groups excluding carboxylic acids is 2. The SMILES string of the molecule is O=C1CC2CCC(C1)N2C1CCC(=O)NC1. The monoisotopic (exact) mass is 222 g/mol. The third kappa shape index (κ3) is 1.65. The quantitative estimate of drug-likeness (QED) is 0.701. The van der Waals surface area contributed by atoms with Gasteiger partial charge in [-0.15, -0.1) is 0 Å².